The van der Waals surface area contributed by atoms with Crippen LogP contribution in [-0.4, -0.2) is 54.5 Å². The van der Waals surface area contributed by atoms with Gasteiger partial charge in [-0.1, -0.05) is 6.92 Å². The SMILES string of the molecule is COC(=O)C(N)CSCC(=O)N(C)C1CCC(C)CC1. The molecule has 0 aromatic carbocycles. The fourth-order valence-corrected chi connectivity index (χ4v) is 3.31. The normalized spacial score (nSPS) is 24.0. The fraction of sp³-hybridized carbons (Fsp3) is 0.857. The zero-order valence-electron chi connectivity index (χ0n) is 12.6. The van der Waals surface area contributed by atoms with Gasteiger partial charge in [0.1, 0.15) is 6.04 Å². The highest BCUT2D eigenvalue weighted by molar-refractivity contribution is 8.00. The van der Waals surface area contributed by atoms with Gasteiger partial charge < -0.3 is 15.4 Å². The predicted molar refractivity (Wildman–Crippen MR) is 81.5 cm³/mol. The maximum Gasteiger partial charge on any atom is 0.323 e. The summed E-state index contributed by atoms with van der Waals surface area (Å²) in [5.41, 5.74) is 5.63. The summed E-state index contributed by atoms with van der Waals surface area (Å²) in [7, 11) is 3.19. The zero-order valence-corrected chi connectivity index (χ0v) is 13.4. The molecule has 1 aliphatic rings. The second-order valence-electron chi connectivity index (χ2n) is 5.56. The molecule has 1 rings (SSSR count). The predicted octanol–water partition coefficient (Wildman–Crippen LogP) is 1.26. The van der Waals surface area contributed by atoms with Gasteiger partial charge in [0.2, 0.25) is 5.91 Å². The highest BCUT2D eigenvalue weighted by atomic mass is 32.2. The number of thioether (sulfide) groups is 1. The summed E-state index contributed by atoms with van der Waals surface area (Å²) in [5, 5.41) is 0. The molecule has 1 saturated carbocycles. The summed E-state index contributed by atoms with van der Waals surface area (Å²) < 4.78 is 4.55. The molecule has 0 spiro atoms. The number of hydrogen-bond acceptors (Lipinski definition) is 5. The van der Waals surface area contributed by atoms with Gasteiger partial charge in [0.15, 0.2) is 0 Å². The molecule has 0 aromatic rings. The van der Waals surface area contributed by atoms with E-state index in [9.17, 15) is 9.59 Å². The van der Waals surface area contributed by atoms with Crippen molar-refractivity contribution in [2.75, 3.05) is 25.7 Å². The summed E-state index contributed by atoms with van der Waals surface area (Å²) in [6, 6.07) is -0.285. The molecule has 1 unspecified atom stereocenters. The Balaban J connectivity index is 2.26. The third-order valence-corrected chi connectivity index (χ3v) is 5.00. The quantitative estimate of drug-likeness (QED) is 0.748. The van der Waals surface area contributed by atoms with Gasteiger partial charge in [0.05, 0.1) is 12.9 Å². The summed E-state index contributed by atoms with van der Waals surface area (Å²) in [5.74, 6) is 1.25. The number of carbonyl (C=O) groups is 2. The number of esters is 1. The minimum absolute atomic E-state index is 0.117. The maximum atomic E-state index is 12.1. The lowest BCUT2D eigenvalue weighted by Crippen LogP contribution is -2.40. The first-order valence-electron chi connectivity index (χ1n) is 7.12. The van der Waals surface area contributed by atoms with Gasteiger partial charge in [-0.15, -0.1) is 11.8 Å². The molecule has 0 aromatic heterocycles. The number of nitrogens with two attached hydrogens (primary N) is 1. The first kappa shape index (κ1) is 17.3. The Labute approximate surface area is 125 Å². The number of methoxy groups -OCH3 is 1. The Hall–Kier alpha value is -0.750. The number of rotatable bonds is 6. The van der Waals surface area contributed by atoms with Gasteiger partial charge in [0, 0.05) is 18.8 Å². The number of nitrogens with zero attached hydrogens (tertiary/aromatic N) is 1. The second-order valence-corrected chi connectivity index (χ2v) is 6.59. The van der Waals surface area contributed by atoms with Crippen molar-refractivity contribution in [1.82, 2.24) is 4.90 Å². The highest BCUT2D eigenvalue weighted by Gasteiger charge is 2.24. The van der Waals surface area contributed by atoms with Crippen LogP contribution in [0, 0.1) is 5.92 Å². The van der Waals surface area contributed by atoms with Gasteiger partial charge in [-0.25, -0.2) is 0 Å². The minimum atomic E-state index is -0.654. The Morgan fingerprint density at radius 2 is 1.95 bits per heavy atom. The van der Waals surface area contributed by atoms with E-state index in [1.807, 2.05) is 11.9 Å². The molecular weight excluding hydrogens is 276 g/mol. The maximum absolute atomic E-state index is 12.1. The lowest BCUT2D eigenvalue weighted by atomic mass is 9.87. The average molecular weight is 302 g/mol. The van der Waals surface area contributed by atoms with E-state index in [0.717, 1.165) is 18.8 Å². The van der Waals surface area contributed by atoms with Crippen molar-refractivity contribution >= 4 is 23.6 Å². The second kappa shape index (κ2) is 8.52. The van der Waals surface area contributed by atoms with E-state index in [4.69, 9.17) is 5.73 Å². The van der Waals surface area contributed by atoms with Crippen LogP contribution >= 0.6 is 11.8 Å². The van der Waals surface area contributed by atoms with Crippen molar-refractivity contribution in [2.24, 2.45) is 11.7 Å². The molecule has 116 valence electrons. The lowest BCUT2D eigenvalue weighted by molar-refractivity contribution is -0.141. The van der Waals surface area contributed by atoms with Crippen LogP contribution < -0.4 is 5.73 Å². The van der Waals surface area contributed by atoms with E-state index in [-0.39, 0.29) is 5.91 Å². The monoisotopic (exact) mass is 302 g/mol. The fourth-order valence-electron chi connectivity index (χ4n) is 2.43. The number of carbonyl (C=O) groups excluding carboxylic acids is 2. The van der Waals surface area contributed by atoms with Crippen LogP contribution in [-0.2, 0) is 14.3 Å². The molecule has 6 heteroatoms. The molecular formula is C14H26N2O3S. The number of amides is 1. The molecule has 5 nitrogen and oxygen atoms in total. The molecule has 0 saturated heterocycles. The van der Waals surface area contributed by atoms with Crippen LogP contribution in [0.4, 0.5) is 0 Å². The van der Waals surface area contributed by atoms with Crippen LogP contribution in [0.2, 0.25) is 0 Å². The Kier molecular flexibility index (Phi) is 7.37. The van der Waals surface area contributed by atoms with E-state index < -0.39 is 12.0 Å². The van der Waals surface area contributed by atoms with E-state index in [0.29, 0.717) is 17.5 Å². The molecule has 20 heavy (non-hydrogen) atoms. The van der Waals surface area contributed by atoms with Crippen LogP contribution in [0.3, 0.4) is 0 Å². The van der Waals surface area contributed by atoms with E-state index >= 15 is 0 Å². The van der Waals surface area contributed by atoms with E-state index in [2.05, 4.69) is 11.7 Å². The standard InChI is InChI=1S/C14H26N2O3S/c1-10-4-6-11(7-5-10)16(2)13(17)9-20-8-12(15)14(18)19-3/h10-12H,4-9,15H2,1-3H3. The van der Waals surface area contributed by atoms with E-state index in [1.165, 1.54) is 31.7 Å². The van der Waals surface area contributed by atoms with Crippen LogP contribution in [0.5, 0.6) is 0 Å². The van der Waals surface area contributed by atoms with Crippen molar-refractivity contribution in [3.63, 3.8) is 0 Å². The highest BCUT2D eigenvalue weighted by Crippen LogP contribution is 2.26. The summed E-state index contributed by atoms with van der Waals surface area (Å²) in [6.07, 6.45) is 4.58. The smallest absolute Gasteiger partial charge is 0.323 e. The largest absolute Gasteiger partial charge is 0.468 e. The summed E-state index contributed by atoms with van der Waals surface area (Å²) >= 11 is 1.39. The molecule has 2 N–H and O–H groups in total. The average Bonchev–Trinajstić information content (AvgIpc) is 2.46. The zero-order chi connectivity index (χ0) is 15.1. The topological polar surface area (TPSA) is 72.6 Å². The van der Waals surface area contributed by atoms with Crippen LogP contribution in [0.1, 0.15) is 32.6 Å². The van der Waals surface area contributed by atoms with Gasteiger partial charge in [0.25, 0.3) is 0 Å². The summed E-state index contributed by atoms with van der Waals surface area (Å²) in [6.45, 7) is 2.27. The van der Waals surface area contributed by atoms with Crippen molar-refractivity contribution < 1.29 is 14.3 Å². The Bertz CT molecular complexity index is 330. The van der Waals surface area contributed by atoms with Gasteiger partial charge in [-0.05, 0) is 31.6 Å². The van der Waals surface area contributed by atoms with Gasteiger partial charge in [-0.3, -0.25) is 9.59 Å². The Morgan fingerprint density at radius 1 is 1.35 bits per heavy atom. The molecule has 1 fully saturated rings. The molecule has 1 amide bonds. The number of hydrogen-bond donors (Lipinski definition) is 1. The van der Waals surface area contributed by atoms with Crippen molar-refractivity contribution in [3.05, 3.63) is 0 Å². The van der Waals surface area contributed by atoms with Crippen molar-refractivity contribution in [1.29, 1.82) is 0 Å². The van der Waals surface area contributed by atoms with Crippen molar-refractivity contribution in [2.45, 2.75) is 44.7 Å². The molecule has 0 heterocycles. The summed E-state index contributed by atoms with van der Waals surface area (Å²) in [4.78, 5) is 25.1. The first-order chi connectivity index (χ1) is 9.45. The van der Waals surface area contributed by atoms with Crippen LogP contribution in [0.15, 0.2) is 0 Å². The Morgan fingerprint density at radius 3 is 2.50 bits per heavy atom. The molecule has 0 bridgehead atoms. The molecule has 1 aliphatic carbocycles. The van der Waals surface area contributed by atoms with E-state index in [1.54, 1.807) is 0 Å². The molecule has 0 radical (unpaired) electrons. The van der Waals surface area contributed by atoms with Crippen LogP contribution in [0.25, 0.3) is 0 Å². The number of ether oxygens (including phenoxy) is 1. The molecule has 0 aliphatic heterocycles. The lowest BCUT2D eigenvalue weighted by Gasteiger charge is -2.33. The molecule has 1 atom stereocenters. The van der Waals surface area contributed by atoms with Gasteiger partial charge in [-0.2, -0.15) is 0 Å². The van der Waals surface area contributed by atoms with Crippen molar-refractivity contribution in [3.8, 4) is 0 Å². The first-order valence-corrected chi connectivity index (χ1v) is 8.28. The third-order valence-electron chi connectivity index (χ3n) is 3.95. The third kappa shape index (κ3) is 5.32. The van der Waals surface area contributed by atoms with Gasteiger partial charge >= 0.3 is 5.97 Å². The minimum Gasteiger partial charge on any atom is -0.468 e.